The molecule has 1 unspecified atom stereocenters. The molecule has 0 heterocycles. The Labute approximate surface area is 119 Å². The van der Waals surface area contributed by atoms with E-state index in [0.29, 0.717) is 0 Å². The Hall–Kier alpha value is -2.13. The van der Waals surface area contributed by atoms with Crippen molar-refractivity contribution in [2.45, 2.75) is 25.9 Å². The fourth-order valence-electron chi connectivity index (χ4n) is 2.18. The Morgan fingerprint density at radius 1 is 1.10 bits per heavy atom. The van der Waals surface area contributed by atoms with Gasteiger partial charge >= 0.3 is 0 Å². The number of aliphatic hydroxyl groups excluding tert-OH is 1. The third-order valence-corrected chi connectivity index (χ3v) is 3.33. The molecule has 3 nitrogen and oxygen atoms in total. The van der Waals surface area contributed by atoms with Gasteiger partial charge in [-0.15, -0.1) is 0 Å². The van der Waals surface area contributed by atoms with E-state index in [-0.39, 0.29) is 18.4 Å². The number of hydrogen-bond donors (Lipinski definition) is 2. The molecule has 1 amide bonds. The average Bonchev–Trinajstić information content (AvgIpc) is 2.50. The Kier molecular flexibility index (Phi) is 4.91. The lowest BCUT2D eigenvalue weighted by Gasteiger charge is -2.15. The van der Waals surface area contributed by atoms with Crippen LogP contribution in [0.5, 0.6) is 0 Å². The van der Waals surface area contributed by atoms with Crippen LogP contribution in [0.15, 0.2) is 54.6 Å². The van der Waals surface area contributed by atoms with E-state index in [1.54, 1.807) is 24.3 Å². The van der Waals surface area contributed by atoms with Crippen molar-refractivity contribution in [1.82, 2.24) is 0 Å². The van der Waals surface area contributed by atoms with Gasteiger partial charge in [-0.1, -0.05) is 49.4 Å². The van der Waals surface area contributed by atoms with Crippen molar-refractivity contribution >= 4 is 11.6 Å². The Morgan fingerprint density at radius 2 is 1.75 bits per heavy atom. The molecule has 0 aliphatic carbocycles. The first-order valence-corrected chi connectivity index (χ1v) is 6.80. The van der Waals surface area contributed by atoms with Crippen LogP contribution in [0.1, 0.15) is 30.4 Å². The van der Waals surface area contributed by atoms with Crippen LogP contribution in [0.2, 0.25) is 0 Å². The van der Waals surface area contributed by atoms with Crippen molar-refractivity contribution in [1.29, 1.82) is 0 Å². The highest BCUT2D eigenvalue weighted by Crippen LogP contribution is 2.21. The second-order valence-electron chi connectivity index (χ2n) is 4.72. The number of rotatable bonds is 5. The summed E-state index contributed by atoms with van der Waals surface area (Å²) >= 11 is 0. The van der Waals surface area contributed by atoms with E-state index < -0.39 is 0 Å². The highest BCUT2D eigenvalue weighted by Gasteiger charge is 2.18. The van der Waals surface area contributed by atoms with Gasteiger partial charge in [0.25, 0.3) is 0 Å². The monoisotopic (exact) mass is 269 g/mol. The van der Waals surface area contributed by atoms with Crippen LogP contribution in [0, 0.1) is 0 Å². The topological polar surface area (TPSA) is 49.3 Å². The molecule has 0 bridgehead atoms. The van der Waals surface area contributed by atoms with E-state index in [2.05, 4.69) is 5.32 Å². The summed E-state index contributed by atoms with van der Waals surface area (Å²) < 4.78 is 0. The fraction of sp³-hybridized carbons (Fsp3) is 0.235. The first-order chi connectivity index (χ1) is 9.74. The van der Waals surface area contributed by atoms with Gasteiger partial charge in [-0.2, -0.15) is 0 Å². The maximum Gasteiger partial charge on any atom is 0.231 e. The largest absolute Gasteiger partial charge is 0.392 e. The number of nitrogens with one attached hydrogen (secondary N) is 1. The fourth-order valence-corrected chi connectivity index (χ4v) is 2.18. The van der Waals surface area contributed by atoms with Gasteiger partial charge in [-0.3, -0.25) is 4.79 Å². The van der Waals surface area contributed by atoms with Gasteiger partial charge in [0.1, 0.15) is 0 Å². The SMILES string of the molecule is CCC(C(=O)Nc1ccc(CO)cc1)c1ccccc1. The van der Waals surface area contributed by atoms with Crippen molar-refractivity contribution in [3.05, 3.63) is 65.7 Å². The normalized spacial score (nSPS) is 11.9. The molecule has 104 valence electrons. The predicted octanol–water partition coefficient (Wildman–Crippen LogP) is 3.31. The molecular formula is C17H19NO2. The molecule has 0 spiro atoms. The second kappa shape index (κ2) is 6.87. The summed E-state index contributed by atoms with van der Waals surface area (Å²) in [6.07, 6.45) is 0.755. The molecule has 0 saturated heterocycles. The molecule has 2 aromatic carbocycles. The minimum Gasteiger partial charge on any atom is -0.392 e. The average molecular weight is 269 g/mol. The molecule has 3 heteroatoms. The number of carbonyl (C=O) groups is 1. The third-order valence-electron chi connectivity index (χ3n) is 3.33. The van der Waals surface area contributed by atoms with Crippen molar-refractivity contribution in [2.75, 3.05) is 5.32 Å². The van der Waals surface area contributed by atoms with Crippen molar-refractivity contribution in [3.8, 4) is 0 Å². The molecule has 0 fully saturated rings. The summed E-state index contributed by atoms with van der Waals surface area (Å²) in [5, 5.41) is 11.9. The Morgan fingerprint density at radius 3 is 2.30 bits per heavy atom. The van der Waals surface area contributed by atoms with Crippen molar-refractivity contribution in [3.63, 3.8) is 0 Å². The molecular weight excluding hydrogens is 250 g/mol. The summed E-state index contributed by atoms with van der Waals surface area (Å²) in [6.45, 7) is 2.02. The van der Waals surface area contributed by atoms with Crippen LogP contribution in [0.3, 0.4) is 0 Å². The molecule has 0 aliphatic heterocycles. The number of aliphatic hydroxyl groups is 1. The molecule has 20 heavy (non-hydrogen) atoms. The van der Waals surface area contributed by atoms with Crippen LogP contribution in [-0.2, 0) is 11.4 Å². The zero-order valence-electron chi connectivity index (χ0n) is 11.5. The predicted molar refractivity (Wildman–Crippen MR) is 80.5 cm³/mol. The standard InChI is InChI=1S/C17H19NO2/c1-2-16(14-6-4-3-5-7-14)17(20)18-15-10-8-13(12-19)9-11-15/h3-11,16,19H,2,12H2,1H3,(H,18,20). The summed E-state index contributed by atoms with van der Waals surface area (Å²) in [5.74, 6) is -0.149. The Bertz CT molecular complexity index is 549. The van der Waals surface area contributed by atoms with Gasteiger partial charge < -0.3 is 10.4 Å². The lowest BCUT2D eigenvalue weighted by atomic mass is 9.95. The molecule has 0 aliphatic rings. The van der Waals surface area contributed by atoms with Crippen molar-refractivity contribution < 1.29 is 9.90 Å². The minimum atomic E-state index is -0.145. The zero-order valence-corrected chi connectivity index (χ0v) is 11.5. The lowest BCUT2D eigenvalue weighted by molar-refractivity contribution is -0.117. The van der Waals surface area contributed by atoms with Crippen LogP contribution in [0.4, 0.5) is 5.69 Å². The number of amides is 1. The van der Waals surface area contributed by atoms with Crippen LogP contribution < -0.4 is 5.32 Å². The molecule has 0 saturated carbocycles. The highest BCUT2D eigenvalue weighted by atomic mass is 16.3. The number of anilines is 1. The summed E-state index contributed by atoms with van der Waals surface area (Å²) in [4.78, 5) is 12.3. The Balaban J connectivity index is 2.09. The molecule has 2 N–H and O–H groups in total. The molecule has 2 rings (SSSR count). The third kappa shape index (κ3) is 3.45. The maximum atomic E-state index is 12.3. The van der Waals surface area contributed by atoms with Gasteiger partial charge in [-0.25, -0.2) is 0 Å². The van der Waals surface area contributed by atoms with E-state index >= 15 is 0 Å². The van der Waals surface area contributed by atoms with E-state index in [4.69, 9.17) is 5.11 Å². The molecule has 0 radical (unpaired) electrons. The van der Waals surface area contributed by atoms with Crippen LogP contribution in [-0.4, -0.2) is 11.0 Å². The molecule has 1 atom stereocenters. The van der Waals surface area contributed by atoms with Gasteiger partial charge in [-0.05, 0) is 29.7 Å². The number of carbonyl (C=O) groups excluding carboxylic acids is 1. The van der Waals surface area contributed by atoms with E-state index in [1.807, 2.05) is 37.3 Å². The lowest BCUT2D eigenvalue weighted by Crippen LogP contribution is -2.20. The smallest absolute Gasteiger partial charge is 0.231 e. The van der Waals surface area contributed by atoms with Gasteiger partial charge in [0, 0.05) is 5.69 Å². The van der Waals surface area contributed by atoms with Crippen LogP contribution in [0.25, 0.3) is 0 Å². The van der Waals surface area contributed by atoms with E-state index in [0.717, 1.165) is 23.2 Å². The zero-order chi connectivity index (χ0) is 14.4. The number of benzene rings is 2. The minimum absolute atomic E-state index is 0.00421. The summed E-state index contributed by atoms with van der Waals surface area (Å²) in [7, 11) is 0. The van der Waals surface area contributed by atoms with Gasteiger partial charge in [0.15, 0.2) is 0 Å². The summed E-state index contributed by atoms with van der Waals surface area (Å²) in [6, 6.07) is 17.0. The van der Waals surface area contributed by atoms with Crippen LogP contribution >= 0.6 is 0 Å². The van der Waals surface area contributed by atoms with Gasteiger partial charge in [0.05, 0.1) is 12.5 Å². The maximum absolute atomic E-state index is 12.3. The van der Waals surface area contributed by atoms with E-state index in [9.17, 15) is 4.79 Å². The first-order valence-electron chi connectivity index (χ1n) is 6.80. The molecule has 0 aromatic heterocycles. The first kappa shape index (κ1) is 14.3. The quantitative estimate of drug-likeness (QED) is 0.875. The molecule has 2 aromatic rings. The van der Waals surface area contributed by atoms with Gasteiger partial charge in [0.2, 0.25) is 5.91 Å². The van der Waals surface area contributed by atoms with E-state index in [1.165, 1.54) is 0 Å². The summed E-state index contributed by atoms with van der Waals surface area (Å²) in [5.41, 5.74) is 2.61. The number of hydrogen-bond acceptors (Lipinski definition) is 2. The second-order valence-corrected chi connectivity index (χ2v) is 4.72. The van der Waals surface area contributed by atoms with Crippen molar-refractivity contribution in [2.24, 2.45) is 0 Å². The highest BCUT2D eigenvalue weighted by molar-refractivity contribution is 5.95.